The standard InChI is InChI=1S/C28H20FNO4/c1-34-21-9-5-8-20(16-21)30-25(23-11-4-7-17-6-2-3-10-22(17)23)24(27(32)28(30)33)26(31)18-12-14-19(29)15-13-18/h2-16,25,31H,1H3/b26-24-. The first-order chi connectivity index (χ1) is 16.5. The summed E-state index contributed by atoms with van der Waals surface area (Å²) in [5, 5.41) is 13.0. The number of benzene rings is 4. The van der Waals surface area contributed by atoms with Crippen LogP contribution in [0.15, 0.2) is 96.6 Å². The van der Waals surface area contributed by atoms with Gasteiger partial charge in [-0.1, -0.05) is 48.5 Å². The summed E-state index contributed by atoms with van der Waals surface area (Å²) in [6.07, 6.45) is 0. The topological polar surface area (TPSA) is 66.8 Å². The van der Waals surface area contributed by atoms with E-state index >= 15 is 0 Å². The van der Waals surface area contributed by atoms with Gasteiger partial charge in [-0.15, -0.1) is 0 Å². The van der Waals surface area contributed by atoms with E-state index in [-0.39, 0.29) is 16.9 Å². The zero-order valence-electron chi connectivity index (χ0n) is 18.2. The Balaban J connectivity index is 1.80. The van der Waals surface area contributed by atoms with Gasteiger partial charge in [-0.3, -0.25) is 14.5 Å². The van der Waals surface area contributed by atoms with Crippen molar-refractivity contribution in [1.29, 1.82) is 0 Å². The molecule has 4 aromatic carbocycles. The Labute approximate surface area is 195 Å². The van der Waals surface area contributed by atoms with E-state index in [2.05, 4.69) is 0 Å². The smallest absolute Gasteiger partial charge is 0.300 e. The number of Topliss-reactive ketones (excluding diaryl/α,β-unsaturated/α-hetero) is 1. The molecule has 5 nitrogen and oxygen atoms in total. The first-order valence-electron chi connectivity index (χ1n) is 10.7. The van der Waals surface area contributed by atoms with Gasteiger partial charge in [0.25, 0.3) is 11.7 Å². The summed E-state index contributed by atoms with van der Waals surface area (Å²) in [5.74, 6) is -1.90. The number of rotatable bonds is 4. The van der Waals surface area contributed by atoms with Crippen LogP contribution in [0.1, 0.15) is 17.2 Å². The molecule has 4 aromatic rings. The van der Waals surface area contributed by atoms with Crippen LogP contribution in [-0.2, 0) is 9.59 Å². The van der Waals surface area contributed by atoms with Crippen molar-refractivity contribution in [3.05, 3.63) is 114 Å². The Morgan fingerprint density at radius 2 is 1.62 bits per heavy atom. The summed E-state index contributed by atoms with van der Waals surface area (Å²) in [6.45, 7) is 0. The number of amides is 1. The van der Waals surface area contributed by atoms with Crippen molar-refractivity contribution in [3.63, 3.8) is 0 Å². The number of nitrogens with zero attached hydrogens (tertiary/aromatic N) is 1. The quantitative estimate of drug-likeness (QED) is 0.248. The Kier molecular flexibility index (Phi) is 5.34. The molecule has 5 rings (SSSR count). The molecule has 6 heteroatoms. The van der Waals surface area contributed by atoms with E-state index in [1.807, 2.05) is 42.5 Å². The molecular weight excluding hydrogens is 433 g/mol. The van der Waals surface area contributed by atoms with Crippen LogP contribution in [0.25, 0.3) is 16.5 Å². The minimum atomic E-state index is -0.900. The fraction of sp³-hybridized carbons (Fsp3) is 0.0714. The van der Waals surface area contributed by atoms with Crippen LogP contribution in [0.2, 0.25) is 0 Å². The molecule has 1 saturated heterocycles. The molecule has 1 N–H and O–H groups in total. The fourth-order valence-electron chi connectivity index (χ4n) is 4.41. The van der Waals surface area contributed by atoms with Gasteiger partial charge in [-0.2, -0.15) is 0 Å². The van der Waals surface area contributed by atoms with E-state index in [9.17, 15) is 19.1 Å². The highest BCUT2D eigenvalue weighted by atomic mass is 19.1. The number of halogens is 1. The van der Waals surface area contributed by atoms with Crippen LogP contribution >= 0.6 is 0 Å². The maximum Gasteiger partial charge on any atom is 0.300 e. The summed E-state index contributed by atoms with van der Waals surface area (Å²) in [6, 6.07) is 24.4. The molecule has 0 spiro atoms. The number of ketones is 1. The van der Waals surface area contributed by atoms with E-state index < -0.39 is 23.5 Å². The average molecular weight is 453 g/mol. The van der Waals surface area contributed by atoms with Crippen LogP contribution in [0.4, 0.5) is 10.1 Å². The van der Waals surface area contributed by atoms with Crippen LogP contribution in [-0.4, -0.2) is 23.9 Å². The van der Waals surface area contributed by atoms with Crippen LogP contribution in [0, 0.1) is 5.82 Å². The first-order valence-corrected chi connectivity index (χ1v) is 10.7. The lowest BCUT2D eigenvalue weighted by Crippen LogP contribution is -2.29. The highest BCUT2D eigenvalue weighted by molar-refractivity contribution is 6.51. The van der Waals surface area contributed by atoms with Crippen molar-refractivity contribution in [2.45, 2.75) is 6.04 Å². The molecule has 1 fully saturated rings. The summed E-state index contributed by atoms with van der Waals surface area (Å²) in [7, 11) is 1.52. The lowest BCUT2D eigenvalue weighted by molar-refractivity contribution is -0.132. The zero-order valence-corrected chi connectivity index (χ0v) is 18.2. The van der Waals surface area contributed by atoms with E-state index in [0.29, 0.717) is 17.0 Å². The summed E-state index contributed by atoms with van der Waals surface area (Å²) in [5.41, 5.74) is 1.33. The predicted molar refractivity (Wildman–Crippen MR) is 128 cm³/mol. The van der Waals surface area contributed by atoms with Gasteiger partial charge in [0.1, 0.15) is 17.3 Å². The van der Waals surface area contributed by atoms with E-state index in [0.717, 1.165) is 10.8 Å². The fourth-order valence-corrected chi connectivity index (χ4v) is 4.41. The Hall–Kier alpha value is -4.45. The summed E-state index contributed by atoms with van der Waals surface area (Å²) in [4.78, 5) is 28.1. The lowest BCUT2D eigenvalue weighted by atomic mass is 9.91. The third-order valence-corrected chi connectivity index (χ3v) is 6.01. The average Bonchev–Trinajstić information content (AvgIpc) is 3.13. The molecule has 1 amide bonds. The number of aliphatic hydroxyl groups excluding tert-OH is 1. The van der Waals surface area contributed by atoms with Gasteiger partial charge in [0.05, 0.1) is 18.7 Å². The number of hydrogen-bond acceptors (Lipinski definition) is 4. The second kappa shape index (κ2) is 8.48. The van der Waals surface area contributed by atoms with Crippen LogP contribution in [0.3, 0.4) is 0 Å². The zero-order chi connectivity index (χ0) is 23.8. The number of ether oxygens (including phenoxy) is 1. The first kappa shape index (κ1) is 21.4. The van der Waals surface area contributed by atoms with Crippen molar-refractivity contribution < 1.29 is 23.8 Å². The monoisotopic (exact) mass is 453 g/mol. The van der Waals surface area contributed by atoms with Gasteiger partial charge < -0.3 is 9.84 Å². The van der Waals surface area contributed by atoms with Gasteiger partial charge >= 0.3 is 0 Å². The molecular formula is C28H20FNO4. The maximum atomic E-state index is 13.5. The number of anilines is 1. The second-order valence-corrected chi connectivity index (χ2v) is 7.95. The normalized spacial score (nSPS) is 17.4. The van der Waals surface area contributed by atoms with Gasteiger partial charge in [-0.05, 0) is 52.7 Å². The third-order valence-electron chi connectivity index (χ3n) is 6.01. The van der Waals surface area contributed by atoms with E-state index in [1.54, 1.807) is 24.3 Å². The molecule has 0 radical (unpaired) electrons. The van der Waals surface area contributed by atoms with Crippen molar-refractivity contribution >= 4 is 33.9 Å². The highest BCUT2D eigenvalue weighted by Crippen LogP contribution is 2.44. The number of fused-ring (bicyclic) bond motifs is 1. The second-order valence-electron chi connectivity index (χ2n) is 7.95. The maximum absolute atomic E-state index is 13.5. The Morgan fingerprint density at radius 1 is 0.912 bits per heavy atom. The number of hydrogen-bond donors (Lipinski definition) is 1. The molecule has 1 unspecified atom stereocenters. The minimum absolute atomic E-state index is 0.0595. The van der Waals surface area contributed by atoms with Crippen molar-refractivity contribution in [2.75, 3.05) is 12.0 Å². The molecule has 1 heterocycles. The third kappa shape index (κ3) is 3.49. The molecule has 0 aliphatic carbocycles. The van der Waals surface area contributed by atoms with Crippen molar-refractivity contribution in [2.24, 2.45) is 0 Å². The Bertz CT molecular complexity index is 1450. The number of methoxy groups -OCH3 is 1. The number of carbonyl (C=O) groups excluding carboxylic acids is 2. The molecule has 0 saturated carbocycles. The van der Waals surface area contributed by atoms with Crippen molar-refractivity contribution in [3.8, 4) is 5.75 Å². The molecule has 34 heavy (non-hydrogen) atoms. The molecule has 1 aliphatic heterocycles. The lowest BCUT2D eigenvalue weighted by Gasteiger charge is -2.26. The molecule has 1 aliphatic rings. The SMILES string of the molecule is COc1cccc(N2C(=O)C(=O)/C(=C(\O)c3ccc(F)cc3)C2c2cccc3ccccc23)c1. The van der Waals surface area contributed by atoms with E-state index in [1.165, 1.54) is 36.3 Å². The molecule has 0 bridgehead atoms. The van der Waals surface area contributed by atoms with Gasteiger partial charge in [-0.25, -0.2) is 4.39 Å². The molecule has 0 aromatic heterocycles. The summed E-state index contributed by atoms with van der Waals surface area (Å²) >= 11 is 0. The molecule has 168 valence electrons. The van der Waals surface area contributed by atoms with Crippen LogP contribution < -0.4 is 9.64 Å². The van der Waals surface area contributed by atoms with E-state index in [4.69, 9.17) is 4.74 Å². The van der Waals surface area contributed by atoms with Gasteiger partial charge in [0.2, 0.25) is 0 Å². The summed E-state index contributed by atoms with van der Waals surface area (Å²) < 4.78 is 18.8. The van der Waals surface area contributed by atoms with Crippen LogP contribution in [0.5, 0.6) is 5.75 Å². The largest absolute Gasteiger partial charge is 0.507 e. The van der Waals surface area contributed by atoms with Gasteiger partial charge in [0, 0.05) is 17.3 Å². The predicted octanol–water partition coefficient (Wildman–Crippen LogP) is 5.61. The Morgan fingerprint density at radius 3 is 2.38 bits per heavy atom. The number of carbonyl (C=O) groups is 2. The highest BCUT2D eigenvalue weighted by Gasteiger charge is 2.47. The van der Waals surface area contributed by atoms with Gasteiger partial charge in [0.15, 0.2) is 0 Å². The molecule has 1 atom stereocenters. The number of aliphatic hydroxyl groups is 1. The van der Waals surface area contributed by atoms with Crippen molar-refractivity contribution in [1.82, 2.24) is 0 Å². The minimum Gasteiger partial charge on any atom is -0.507 e.